The number of rotatable bonds is 6. The molecule has 2 saturated heterocycles. The number of carboxylic acids is 1. The molecule has 3 aliphatic heterocycles. The maximum absolute atomic E-state index is 14.6. The smallest absolute Gasteiger partial charge is 0.539 e. The number of carboxylic acid groups (broad SMARTS) is 1. The van der Waals surface area contributed by atoms with Crippen molar-refractivity contribution < 1.29 is 96.3 Å². The van der Waals surface area contributed by atoms with Crippen LogP contribution in [0.4, 0.5) is 0 Å². The predicted molar refractivity (Wildman–Crippen MR) is 175 cm³/mol. The van der Waals surface area contributed by atoms with E-state index in [4.69, 9.17) is 32.8 Å². The minimum absolute atomic E-state index is 0. The molecule has 4 heterocycles. The van der Waals surface area contributed by atoms with Gasteiger partial charge in [-0.1, -0.05) is 27.7 Å². The molecular weight excluding hydrogens is 719 g/mol. The molecule has 1 aromatic heterocycles. The maximum Gasteiger partial charge on any atom is 1.00 e. The van der Waals surface area contributed by atoms with Gasteiger partial charge in [0.25, 0.3) is 0 Å². The quantitative estimate of drug-likeness (QED) is 0.123. The van der Waals surface area contributed by atoms with Crippen LogP contribution in [0.3, 0.4) is 0 Å². The normalized spacial score (nSPS) is 33.1. The van der Waals surface area contributed by atoms with Gasteiger partial charge in [0, 0.05) is 16.2 Å². The number of hydrogen-bond donors (Lipinski definition) is 0. The zero-order valence-corrected chi connectivity index (χ0v) is 34.0. The van der Waals surface area contributed by atoms with Gasteiger partial charge in [-0.3, -0.25) is 9.59 Å². The number of carbonyl (C=O) groups is 6. The summed E-state index contributed by atoms with van der Waals surface area (Å²) in [6.07, 6.45) is -1.92. The van der Waals surface area contributed by atoms with E-state index in [1.54, 1.807) is 61.5 Å². The first kappa shape index (κ1) is 39.7. The number of benzene rings is 1. The Bertz CT molecular complexity index is 2130. The molecule has 2 unspecified atom stereocenters. The number of aryl methyl sites for hydroxylation is 1. The standard InChI is InChI=1S/C38H42O15.Na/c1-17-18-10-11-20-21(22(18)48-26(41)19(17)16-47-27(42)25(39)40)23(49-30(45)37-14-12-35(8,28(43)52-37)33(37,4)5)24(32(2,3)51-20)50-31(46)38-15-13-36(9,29(44)53-38)34(38,6)7;/h10-11,23-24H,12-16H2,1-9H3,(H,39,40);/q;+1/p-1/t23-,24-,35?,36?,37-,38-;/m1./s1. The number of esters is 5. The van der Waals surface area contributed by atoms with E-state index < -0.39 is 98.7 Å². The molecule has 2 aromatic rings. The molecule has 15 nitrogen and oxygen atoms in total. The SMILES string of the molecule is Cc1c(COC(=O)C(=O)[O-])c(=O)oc2c3c(ccc12)OC(C)(C)[C@H](OC(=O)[C@@]12CCC(C)(C(=O)O1)C2(C)C)[C@@H]3OC(=O)[C@@]12CCC(C)(C(=O)O1)C2(C)C.[Na+]. The summed E-state index contributed by atoms with van der Waals surface area (Å²) in [4.78, 5) is 91.3. The summed E-state index contributed by atoms with van der Waals surface area (Å²) < 4.78 is 41.2. The molecule has 2 saturated carbocycles. The van der Waals surface area contributed by atoms with Crippen molar-refractivity contribution in [1.29, 1.82) is 0 Å². The van der Waals surface area contributed by atoms with Gasteiger partial charge in [0.15, 0.2) is 18.2 Å². The van der Waals surface area contributed by atoms with E-state index >= 15 is 0 Å². The number of carbonyl (C=O) groups excluding carboxylic acids is 6. The van der Waals surface area contributed by atoms with Crippen molar-refractivity contribution in [2.75, 3.05) is 0 Å². The van der Waals surface area contributed by atoms with Crippen molar-refractivity contribution in [2.45, 2.75) is 124 Å². The molecule has 0 N–H and O–H groups in total. The molecule has 1 aromatic carbocycles. The molecule has 284 valence electrons. The van der Waals surface area contributed by atoms with Gasteiger partial charge in [-0.15, -0.1) is 0 Å². The van der Waals surface area contributed by atoms with E-state index in [0.29, 0.717) is 12.8 Å². The van der Waals surface area contributed by atoms with Crippen LogP contribution in [0, 0.1) is 28.6 Å². The summed E-state index contributed by atoms with van der Waals surface area (Å²) in [6.45, 7) is 14.5. The molecule has 6 atom stereocenters. The fourth-order valence-corrected chi connectivity index (χ4v) is 9.19. The van der Waals surface area contributed by atoms with Crippen molar-refractivity contribution >= 4 is 46.8 Å². The molecule has 7 rings (SSSR count). The van der Waals surface area contributed by atoms with E-state index in [1.807, 2.05) is 0 Å². The summed E-state index contributed by atoms with van der Waals surface area (Å²) in [7, 11) is 0. The summed E-state index contributed by atoms with van der Waals surface area (Å²) in [5.41, 5.74) is -9.77. The molecule has 0 spiro atoms. The number of ether oxygens (including phenoxy) is 6. The van der Waals surface area contributed by atoms with E-state index in [-0.39, 0.29) is 75.8 Å². The molecule has 54 heavy (non-hydrogen) atoms. The van der Waals surface area contributed by atoms with Crippen molar-refractivity contribution in [2.24, 2.45) is 21.7 Å². The number of hydrogen-bond acceptors (Lipinski definition) is 15. The topological polar surface area (TPSA) is 211 Å². The van der Waals surface area contributed by atoms with Crippen LogP contribution in [0.25, 0.3) is 11.0 Å². The van der Waals surface area contributed by atoms with E-state index in [0.717, 1.165) is 0 Å². The Kier molecular flexibility index (Phi) is 8.85. The molecule has 0 amide bonds. The van der Waals surface area contributed by atoms with Crippen LogP contribution in [-0.4, -0.2) is 58.7 Å². The summed E-state index contributed by atoms with van der Waals surface area (Å²) in [6, 6.07) is 3.09. The van der Waals surface area contributed by atoms with Crippen LogP contribution in [0.1, 0.15) is 104 Å². The monoisotopic (exact) mass is 760 g/mol. The van der Waals surface area contributed by atoms with Gasteiger partial charge in [0.05, 0.1) is 22.0 Å². The van der Waals surface area contributed by atoms with Gasteiger partial charge in [-0.2, -0.15) is 0 Å². The van der Waals surface area contributed by atoms with Gasteiger partial charge in [-0.05, 0) is 78.0 Å². The third-order valence-corrected chi connectivity index (χ3v) is 13.9. The fourth-order valence-electron chi connectivity index (χ4n) is 9.19. The Balaban J connectivity index is 0.00000497. The minimum Gasteiger partial charge on any atom is -0.539 e. The Hall–Kier alpha value is -3.95. The first-order chi connectivity index (χ1) is 24.4. The van der Waals surface area contributed by atoms with Crippen LogP contribution in [0.15, 0.2) is 21.3 Å². The molecule has 4 bridgehead atoms. The van der Waals surface area contributed by atoms with Crippen LogP contribution < -0.4 is 45.0 Å². The fraction of sp³-hybridized carbons (Fsp3) is 0.605. The Morgan fingerprint density at radius 1 is 0.778 bits per heavy atom. The zero-order valence-electron chi connectivity index (χ0n) is 32.0. The third kappa shape index (κ3) is 4.79. The average Bonchev–Trinajstić information content (AvgIpc) is 3.53. The molecule has 0 radical (unpaired) electrons. The van der Waals surface area contributed by atoms with Crippen molar-refractivity contribution in [3.05, 3.63) is 39.2 Å². The average molecular weight is 761 g/mol. The largest absolute Gasteiger partial charge is 1.00 e. The van der Waals surface area contributed by atoms with Gasteiger partial charge in [-0.25, -0.2) is 19.2 Å². The van der Waals surface area contributed by atoms with Gasteiger partial charge in [0.1, 0.15) is 23.5 Å². The van der Waals surface area contributed by atoms with Crippen LogP contribution in [0.5, 0.6) is 5.75 Å². The van der Waals surface area contributed by atoms with E-state index in [1.165, 1.54) is 13.0 Å². The second-order valence-electron chi connectivity index (χ2n) is 16.9. The van der Waals surface area contributed by atoms with E-state index in [2.05, 4.69) is 0 Å². The molecule has 16 heteroatoms. The van der Waals surface area contributed by atoms with Crippen LogP contribution >= 0.6 is 0 Å². The third-order valence-electron chi connectivity index (χ3n) is 13.9. The van der Waals surface area contributed by atoms with Gasteiger partial charge >= 0.3 is 65.0 Å². The minimum atomic E-state index is -2.09. The van der Waals surface area contributed by atoms with Crippen molar-refractivity contribution in [1.82, 2.24) is 0 Å². The Morgan fingerprint density at radius 2 is 1.30 bits per heavy atom. The van der Waals surface area contributed by atoms with Gasteiger partial charge < -0.3 is 42.7 Å². The first-order valence-corrected chi connectivity index (χ1v) is 17.5. The second kappa shape index (κ2) is 12.0. The molecule has 4 fully saturated rings. The molecular formula is C38H41NaO15. The zero-order chi connectivity index (χ0) is 39.1. The van der Waals surface area contributed by atoms with Crippen LogP contribution in [-0.2, 0) is 59.1 Å². The molecule has 2 aliphatic carbocycles. The number of aliphatic carboxylic acids is 1. The summed E-state index contributed by atoms with van der Waals surface area (Å²) in [5.74, 6) is -6.53. The summed E-state index contributed by atoms with van der Waals surface area (Å²) >= 11 is 0. The summed E-state index contributed by atoms with van der Waals surface area (Å²) in [5, 5.41) is 11.2. The van der Waals surface area contributed by atoms with Gasteiger partial charge in [0.2, 0.25) is 11.2 Å². The predicted octanol–water partition coefficient (Wildman–Crippen LogP) is -0.191. The maximum atomic E-state index is 14.6. The van der Waals surface area contributed by atoms with Crippen molar-refractivity contribution in [3.63, 3.8) is 0 Å². The number of fused-ring (bicyclic) bond motifs is 7. The first-order valence-electron chi connectivity index (χ1n) is 17.5. The molecule has 5 aliphatic rings. The van der Waals surface area contributed by atoms with Crippen LogP contribution in [0.2, 0.25) is 0 Å². The second-order valence-corrected chi connectivity index (χ2v) is 16.9. The van der Waals surface area contributed by atoms with Crippen molar-refractivity contribution in [3.8, 4) is 5.75 Å². The Morgan fingerprint density at radius 3 is 1.76 bits per heavy atom. The Labute approximate surface area is 331 Å². The van der Waals surface area contributed by atoms with E-state index in [9.17, 15) is 38.7 Å².